The highest BCUT2D eigenvalue weighted by Crippen LogP contribution is 2.36. The molecule has 5 nitrogen and oxygen atoms in total. The Kier molecular flexibility index (Phi) is 4.80. The molecular formula is C14H24N2O3. The number of carbonyl (C=O) groups is 2. The Morgan fingerprint density at radius 2 is 1.95 bits per heavy atom. The Balaban J connectivity index is 1.91. The van der Waals surface area contributed by atoms with Gasteiger partial charge in [0.05, 0.1) is 6.61 Å². The van der Waals surface area contributed by atoms with Gasteiger partial charge >= 0.3 is 5.97 Å². The molecule has 1 saturated heterocycles. The van der Waals surface area contributed by atoms with E-state index in [4.69, 9.17) is 10.5 Å². The summed E-state index contributed by atoms with van der Waals surface area (Å²) in [5.74, 6) is 0.471. The number of piperidine rings is 1. The zero-order valence-electron chi connectivity index (χ0n) is 11.6. The second-order valence-electron chi connectivity index (χ2n) is 5.61. The monoisotopic (exact) mass is 268 g/mol. The Morgan fingerprint density at radius 3 is 2.63 bits per heavy atom. The van der Waals surface area contributed by atoms with Crippen molar-refractivity contribution in [3.05, 3.63) is 0 Å². The first-order valence-corrected chi connectivity index (χ1v) is 7.34. The molecule has 1 heterocycles. The van der Waals surface area contributed by atoms with Crippen LogP contribution in [0.4, 0.5) is 0 Å². The van der Waals surface area contributed by atoms with E-state index >= 15 is 0 Å². The van der Waals surface area contributed by atoms with Crippen molar-refractivity contribution in [2.24, 2.45) is 17.6 Å². The number of nitrogens with zero attached hydrogens (tertiary/aromatic N) is 1. The van der Waals surface area contributed by atoms with Crippen molar-refractivity contribution < 1.29 is 14.3 Å². The van der Waals surface area contributed by atoms with Crippen molar-refractivity contribution in [1.82, 2.24) is 4.90 Å². The Morgan fingerprint density at radius 1 is 1.26 bits per heavy atom. The summed E-state index contributed by atoms with van der Waals surface area (Å²) in [5, 5.41) is 0. The third-order valence-corrected chi connectivity index (χ3v) is 4.41. The minimum absolute atomic E-state index is 0.254. The molecule has 3 atom stereocenters. The van der Waals surface area contributed by atoms with E-state index in [1.807, 2.05) is 0 Å². The number of hydrogen-bond acceptors (Lipinski definition) is 4. The number of rotatable bonds is 3. The first-order chi connectivity index (χ1) is 9.13. The fourth-order valence-corrected chi connectivity index (χ4v) is 3.33. The van der Waals surface area contributed by atoms with Gasteiger partial charge in [0.25, 0.3) is 5.91 Å². The second kappa shape index (κ2) is 6.37. The highest BCUT2D eigenvalue weighted by Gasteiger charge is 2.36. The molecule has 1 aliphatic carbocycles. The van der Waals surface area contributed by atoms with Crippen LogP contribution in [0.3, 0.4) is 0 Å². The van der Waals surface area contributed by atoms with E-state index < -0.39 is 12.0 Å². The van der Waals surface area contributed by atoms with Crippen LogP contribution in [0.15, 0.2) is 0 Å². The van der Waals surface area contributed by atoms with Crippen molar-refractivity contribution in [1.29, 1.82) is 0 Å². The molecule has 1 saturated carbocycles. The Labute approximate surface area is 114 Å². The normalized spacial score (nSPS) is 28.4. The smallest absolute Gasteiger partial charge is 0.332 e. The summed E-state index contributed by atoms with van der Waals surface area (Å²) in [5.41, 5.74) is 5.68. The quantitative estimate of drug-likeness (QED) is 0.610. The fraction of sp³-hybridized carbons (Fsp3) is 0.857. The van der Waals surface area contributed by atoms with Gasteiger partial charge in [-0.2, -0.15) is 0 Å². The van der Waals surface area contributed by atoms with E-state index in [2.05, 4.69) is 0 Å². The third kappa shape index (κ3) is 3.26. The highest BCUT2D eigenvalue weighted by atomic mass is 16.5. The summed E-state index contributed by atoms with van der Waals surface area (Å²) in [7, 11) is 0. The molecule has 2 rings (SSSR count). The maximum absolute atomic E-state index is 12.2. The summed E-state index contributed by atoms with van der Waals surface area (Å²) in [6.45, 7) is 3.46. The molecule has 3 unspecified atom stereocenters. The van der Waals surface area contributed by atoms with Gasteiger partial charge < -0.3 is 15.4 Å². The minimum Gasteiger partial charge on any atom is -0.464 e. The van der Waals surface area contributed by atoms with E-state index in [1.165, 1.54) is 25.7 Å². The first kappa shape index (κ1) is 14.3. The van der Waals surface area contributed by atoms with Gasteiger partial charge in [0.1, 0.15) is 0 Å². The van der Waals surface area contributed by atoms with Crippen molar-refractivity contribution in [3.63, 3.8) is 0 Å². The molecule has 0 aromatic heterocycles. The van der Waals surface area contributed by atoms with Crippen LogP contribution < -0.4 is 5.73 Å². The lowest BCUT2D eigenvalue weighted by atomic mass is 9.75. The Hall–Kier alpha value is -1.10. The number of carbonyl (C=O) groups excluding carboxylic acids is 2. The molecular weight excluding hydrogens is 244 g/mol. The number of hydrogen-bond donors (Lipinski definition) is 1. The number of ether oxygens (including phenoxy) is 1. The topological polar surface area (TPSA) is 72.6 Å². The van der Waals surface area contributed by atoms with Crippen LogP contribution in [0.1, 0.15) is 39.0 Å². The molecule has 19 heavy (non-hydrogen) atoms. The van der Waals surface area contributed by atoms with Crippen LogP contribution in [0, 0.1) is 11.8 Å². The standard InChI is InChI=1S/C14H24N2O3/c1-2-19-14(18)12(15)13(17)16-8-7-10-5-3-4-6-11(10)9-16/h10-12H,2-9,15H2,1H3. The summed E-state index contributed by atoms with van der Waals surface area (Å²) in [6.07, 6.45) is 6.11. The van der Waals surface area contributed by atoms with Crippen molar-refractivity contribution in [3.8, 4) is 0 Å². The molecule has 0 aromatic rings. The molecule has 0 bridgehead atoms. The van der Waals surface area contributed by atoms with Gasteiger partial charge in [0, 0.05) is 13.1 Å². The van der Waals surface area contributed by atoms with Gasteiger partial charge in [0.15, 0.2) is 6.04 Å². The summed E-state index contributed by atoms with van der Waals surface area (Å²) < 4.78 is 4.81. The van der Waals surface area contributed by atoms with Gasteiger partial charge in [-0.25, -0.2) is 4.79 Å². The van der Waals surface area contributed by atoms with Crippen LogP contribution in [0.5, 0.6) is 0 Å². The predicted octanol–water partition coefficient (Wildman–Crippen LogP) is 0.915. The SMILES string of the molecule is CCOC(=O)C(N)C(=O)N1CCC2CCCCC2C1. The van der Waals surface area contributed by atoms with Crippen molar-refractivity contribution in [2.75, 3.05) is 19.7 Å². The molecule has 1 aliphatic heterocycles. The average Bonchev–Trinajstić information content (AvgIpc) is 2.45. The zero-order chi connectivity index (χ0) is 13.8. The first-order valence-electron chi connectivity index (χ1n) is 7.34. The Bertz CT molecular complexity index is 346. The maximum atomic E-state index is 12.2. The van der Waals surface area contributed by atoms with Gasteiger partial charge in [-0.1, -0.05) is 19.3 Å². The number of esters is 1. The third-order valence-electron chi connectivity index (χ3n) is 4.41. The summed E-state index contributed by atoms with van der Waals surface area (Å²) >= 11 is 0. The number of amides is 1. The van der Waals surface area contributed by atoms with E-state index in [-0.39, 0.29) is 12.5 Å². The molecule has 0 aromatic carbocycles. The lowest BCUT2D eigenvalue weighted by Crippen LogP contribution is -2.53. The molecule has 5 heteroatoms. The molecule has 1 amide bonds. The molecule has 2 N–H and O–H groups in total. The largest absolute Gasteiger partial charge is 0.464 e. The number of likely N-dealkylation sites (tertiary alicyclic amines) is 1. The van der Waals surface area contributed by atoms with E-state index in [0.717, 1.165) is 25.4 Å². The van der Waals surface area contributed by atoms with E-state index in [9.17, 15) is 9.59 Å². The van der Waals surface area contributed by atoms with Gasteiger partial charge in [-0.15, -0.1) is 0 Å². The van der Waals surface area contributed by atoms with E-state index in [0.29, 0.717) is 5.92 Å². The molecule has 108 valence electrons. The van der Waals surface area contributed by atoms with Gasteiger partial charge in [0.2, 0.25) is 0 Å². The summed E-state index contributed by atoms with van der Waals surface area (Å²) in [4.78, 5) is 25.5. The fourth-order valence-electron chi connectivity index (χ4n) is 3.33. The molecule has 2 fully saturated rings. The highest BCUT2D eigenvalue weighted by molar-refractivity contribution is 6.01. The van der Waals surface area contributed by atoms with Crippen LogP contribution in [-0.2, 0) is 14.3 Å². The van der Waals surface area contributed by atoms with E-state index in [1.54, 1.807) is 11.8 Å². The van der Waals surface area contributed by atoms with Crippen LogP contribution >= 0.6 is 0 Å². The number of nitrogens with two attached hydrogens (primary N) is 1. The maximum Gasteiger partial charge on any atom is 0.332 e. The van der Waals surface area contributed by atoms with Gasteiger partial charge in [-0.3, -0.25) is 4.79 Å². The molecule has 0 radical (unpaired) electrons. The number of fused-ring (bicyclic) bond motifs is 1. The van der Waals surface area contributed by atoms with Crippen LogP contribution in [-0.4, -0.2) is 42.5 Å². The average molecular weight is 268 g/mol. The zero-order valence-corrected chi connectivity index (χ0v) is 11.6. The van der Waals surface area contributed by atoms with Crippen LogP contribution in [0.25, 0.3) is 0 Å². The molecule has 0 spiro atoms. The van der Waals surface area contributed by atoms with Gasteiger partial charge in [-0.05, 0) is 31.6 Å². The predicted molar refractivity (Wildman–Crippen MR) is 71.3 cm³/mol. The van der Waals surface area contributed by atoms with Crippen molar-refractivity contribution in [2.45, 2.75) is 45.1 Å². The lowest BCUT2D eigenvalue weighted by Gasteiger charge is -2.41. The summed E-state index contributed by atoms with van der Waals surface area (Å²) in [6, 6.07) is -1.15. The van der Waals surface area contributed by atoms with Crippen molar-refractivity contribution >= 4 is 11.9 Å². The molecule has 2 aliphatic rings. The lowest BCUT2D eigenvalue weighted by molar-refractivity contribution is -0.152. The minimum atomic E-state index is -1.15. The van der Waals surface area contributed by atoms with Crippen LogP contribution in [0.2, 0.25) is 0 Å². The second-order valence-corrected chi connectivity index (χ2v) is 5.61.